The summed E-state index contributed by atoms with van der Waals surface area (Å²) >= 11 is 12.5. The number of benzene rings is 2. The second-order valence-corrected chi connectivity index (χ2v) is 9.11. The van der Waals surface area contributed by atoms with E-state index < -0.39 is 0 Å². The Hall–Kier alpha value is -1.75. The number of rotatable bonds is 4. The number of anilines is 2. The molecule has 6 heteroatoms. The Kier molecular flexibility index (Phi) is 5.19. The largest absolute Gasteiger partial charge is 0.365 e. The van der Waals surface area contributed by atoms with Gasteiger partial charge in [0.1, 0.15) is 0 Å². The summed E-state index contributed by atoms with van der Waals surface area (Å²) in [4.78, 5) is 20.4. The van der Waals surface area contributed by atoms with Gasteiger partial charge in [-0.3, -0.25) is 9.69 Å². The molecule has 1 saturated carbocycles. The maximum Gasteiger partial charge on any atom is 0.244 e. The monoisotopic (exact) mass is 429 g/mol. The van der Waals surface area contributed by atoms with Gasteiger partial charge in [0.25, 0.3) is 0 Å². The molecule has 0 aromatic heterocycles. The second-order valence-electron chi connectivity index (χ2n) is 8.27. The molecule has 2 aliphatic heterocycles. The molecule has 29 heavy (non-hydrogen) atoms. The Labute approximate surface area is 182 Å². The van der Waals surface area contributed by atoms with E-state index in [2.05, 4.69) is 28.0 Å². The van der Waals surface area contributed by atoms with Gasteiger partial charge in [0, 0.05) is 35.7 Å². The van der Waals surface area contributed by atoms with Crippen molar-refractivity contribution in [3.63, 3.8) is 0 Å². The van der Waals surface area contributed by atoms with Crippen LogP contribution < -0.4 is 9.80 Å². The van der Waals surface area contributed by atoms with Crippen molar-refractivity contribution in [1.29, 1.82) is 0 Å². The topological polar surface area (TPSA) is 26.8 Å². The molecule has 1 aliphatic carbocycles. The zero-order valence-corrected chi connectivity index (χ0v) is 17.9. The van der Waals surface area contributed by atoms with E-state index in [0.29, 0.717) is 22.6 Å². The highest BCUT2D eigenvalue weighted by Crippen LogP contribution is 2.40. The van der Waals surface area contributed by atoms with Gasteiger partial charge >= 0.3 is 0 Å². The first-order valence-corrected chi connectivity index (χ1v) is 11.2. The molecule has 4 nitrogen and oxygen atoms in total. The number of halogens is 2. The van der Waals surface area contributed by atoms with Gasteiger partial charge < -0.3 is 9.80 Å². The first-order chi connectivity index (χ1) is 14.1. The highest BCUT2D eigenvalue weighted by Gasteiger charge is 2.39. The smallest absolute Gasteiger partial charge is 0.244 e. The average molecular weight is 430 g/mol. The number of carbonyl (C=O) groups excluding carboxylic acids is 1. The molecule has 0 spiro atoms. The predicted molar refractivity (Wildman–Crippen MR) is 119 cm³/mol. The molecule has 152 valence electrons. The van der Waals surface area contributed by atoms with E-state index in [1.54, 1.807) is 6.07 Å². The van der Waals surface area contributed by atoms with E-state index in [1.807, 2.05) is 23.1 Å². The van der Waals surface area contributed by atoms with Crippen LogP contribution in [0.5, 0.6) is 0 Å². The van der Waals surface area contributed by atoms with E-state index >= 15 is 0 Å². The third-order valence-electron chi connectivity index (χ3n) is 6.33. The molecule has 2 aromatic carbocycles. The normalized spacial score (nSPS) is 22.1. The van der Waals surface area contributed by atoms with E-state index in [0.717, 1.165) is 43.7 Å². The van der Waals surface area contributed by atoms with Crippen LogP contribution in [-0.2, 0) is 11.3 Å². The van der Waals surface area contributed by atoms with E-state index in [-0.39, 0.29) is 11.9 Å². The number of likely N-dealkylation sites (tertiary alicyclic amines) is 1. The number of para-hydroxylation sites is 2. The lowest BCUT2D eigenvalue weighted by Gasteiger charge is -2.40. The van der Waals surface area contributed by atoms with Crippen LogP contribution in [0.1, 0.15) is 31.2 Å². The fourth-order valence-electron chi connectivity index (χ4n) is 4.74. The van der Waals surface area contributed by atoms with E-state index in [1.165, 1.54) is 18.5 Å². The van der Waals surface area contributed by atoms with Crippen molar-refractivity contribution < 1.29 is 4.79 Å². The van der Waals surface area contributed by atoms with Gasteiger partial charge in [0.15, 0.2) is 0 Å². The second kappa shape index (κ2) is 7.82. The number of hydrogen-bond acceptors (Lipinski definition) is 3. The SMILES string of the molecule is O=C([C@@H]1CCCN1Cc1cc(Cl)ccc1Cl)N1CCN(C2CC2)c2ccccc21. The van der Waals surface area contributed by atoms with E-state index in [4.69, 9.17) is 23.2 Å². The maximum atomic E-state index is 13.6. The van der Waals surface area contributed by atoms with Crippen LogP contribution in [0.3, 0.4) is 0 Å². The third-order valence-corrected chi connectivity index (χ3v) is 6.93. The lowest BCUT2D eigenvalue weighted by atomic mass is 10.1. The number of nitrogens with zero attached hydrogens (tertiary/aromatic N) is 3. The Bertz CT molecular complexity index is 930. The van der Waals surface area contributed by atoms with Gasteiger partial charge in [-0.05, 0) is 68.1 Å². The van der Waals surface area contributed by atoms with Crippen LogP contribution >= 0.6 is 23.2 Å². The highest BCUT2D eigenvalue weighted by molar-refractivity contribution is 6.33. The molecule has 2 aromatic rings. The van der Waals surface area contributed by atoms with Crippen molar-refractivity contribution in [2.45, 2.75) is 44.3 Å². The summed E-state index contributed by atoms with van der Waals surface area (Å²) in [5.74, 6) is 0.212. The fourth-order valence-corrected chi connectivity index (χ4v) is 5.11. The van der Waals surface area contributed by atoms with Gasteiger partial charge in [0.2, 0.25) is 5.91 Å². The Balaban J connectivity index is 1.38. The quantitative estimate of drug-likeness (QED) is 0.685. The molecule has 0 radical (unpaired) electrons. The summed E-state index contributed by atoms with van der Waals surface area (Å²) in [6.45, 7) is 3.23. The minimum Gasteiger partial charge on any atom is -0.365 e. The van der Waals surface area contributed by atoms with Crippen LogP contribution in [0, 0.1) is 0 Å². The minimum absolute atomic E-state index is 0.106. The minimum atomic E-state index is -0.106. The van der Waals surface area contributed by atoms with Crippen LogP contribution in [0.25, 0.3) is 0 Å². The summed E-state index contributed by atoms with van der Waals surface area (Å²) in [5, 5.41) is 1.38. The molecule has 2 fully saturated rings. The lowest BCUT2D eigenvalue weighted by Crippen LogP contribution is -2.51. The average Bonchev–Trinajstić information content (AvgIpc) is 3.48. The van der Waals surface area contributed by atoms with Crippen molar-refractivity contribution in [2.75, 3.05) is 29.4 Å². The lowest BCUT2D eigenvalue weighted by molar-refractivity contribution is -0.123. The third kappa shape index (κ3) is 3.74. The molecule has 3 aliphatic rings. The Morgan fingerprint density at radius 2 is 1.76 bits per heavy atom. The van der Waals surface area contributed by atoms with Gasteiger partial charge in [-0.25, -0.2) is 0 Å². The maximum absolute atomic E-state index is 13.6. The number of amides is 1. The molecule has 0 N–H and O–H groups in total. The summed E-state index contributed by atoms with van der Waals surface area (Å²) < 4.78 is 0. The standard InChI is InChI=1S/C23H25Cl2N3O/c24-17-7-10-19(25)16(14-17)15-26-11-3-6-22(26)23(29)28-13-12-27(18-8-9-18)20-4-1-2-5-21(20)28/h1-2,4-5,7,10,14,18,22H,3,6,8-9,11-13,15H2/t22-/m0/s1. The Morgan fingerprint density at radius 3 is 2.55 bits per heavy atom. The predicted octanol–water partition coefficient (Wildman–Crippen LogP) is 4.97. The zero-order chi connectivity index (χ0) is 20.0. The summed E-state index contributed by atoms with van der Waals surface area (Å²) in [5.41, 5.74) is 3.25. The fraction of sp³-hybridized carbons (Fsp3) is 0.435. The summed E-state index contributed by atoms with van der Waals surface area (Å²) in [6.07, 6.45) is 4.44. The summed E-state index contributed by atoms with van der Waals surface area (Å²) in [6, 6.07) is 14.5. The van der Waals surface area contributed by atoms with Crippen molar-refractivity contribution >= 4 is 40.5 Å². The Morgan fingerprint density at radius 1 is 0.966 bits per heavy atom. The van der Waals surface area contributed by atoms with Gasteiger partial charge in [0.05, 0.1) is 17.4 Å². The van der Waals surface area contributed by atoms with Crippen molar-refractivity contribution in [3.8, 4) is 0 Å². The molecule has 5 rings (SSSR count). The molecule has 0 unspecified atom stereocenters. The number of fused-ring (bicyclic) bond motifs is 1. The summed E-state index contributed by atoms with van der Waals surface area (Å²) in [7, 11) is 0. The molecule has 2 heterocycles. The zero-order valence-electron chi connectivity index (χ0n) is 16.4. The molecular formula is C23H25Cl2N3O. The van der Waals surface area contributed by atoms with Crippen molar-refractivity contribution in [3.05, 3.63) is 58.1 Å². The highest BCUT2D eigenvalue weighted by atomic mass is 35.5. The van der Waals surface area contributed by atoms with Crippen LogP contribution in [0.2, 0.25) is 10.0 Å². The molecule has 1 atom stereocenters. The van der Waals surface area contributed by atoms with Crippen LogP contribution in [0.15, 0.2) is 42.5 Å². The first kappa shape index (κ1) is 19.2. The van der Waals surface area contributed by atoms with Crippen LogP contribution in [0.4, 0.5) is 11.4 Å². The van der Waals surface area contributed by atoms with Crippen molar-refractivity contribution in [2.24, 2.45) is 0 Å². The van der Waals surface area contributed by atoms with E-state index in [9.17, 15) is 4.79 Å². The number of carbonyl (C=O) groups is 1. The number of hydrogen-bond donors (Lipinski definition) is 0. The van der Waals surface area contributed by atoms with Gasteiger partial charge in [-0.2, -0.15) is 0 Å². The van der Waals surface area contributed by atoms with Gasteiger partial charge in [-0.15, -0.1) is 0 Å². The first-order valence-electron chi connectivity index (χ1n) is 10.5. The van der Waals surface area contributed by atoms with Crippen LogP contribution in [-0.4, -0.2) is 42.5 Å². The molecular weight excluding hydrogens is 405 g/mol. The van der Waals surface area contributed by atoms with Crippen molar-refractivity contribution in [1.82, 2.24) is 4.90 Å². The molecule has 1 saturated heterocycles. The molecule has 0 bridgehead atoms. The van der Waals surface area contributed by atoms with Gasteiger partial charge in [-0.1, -0.05) is 35.3 Å². The molecule has 1 amide bonds.